The minimum Gasteiger partial charge on any atom is -0.480 e. The van der Waals surface area contributed by atoms with E-state index in [1.165, 1.54) is 11.8 Å². The fourth-order valence-corrected chi connectivity index (χ4v) is 4.74. The van der Waals surface area contributed by atoms with Gasteiger partial charge in [0, 0.05) is 5.75 Å². The number of nitrogens with zero attached hydrogens (tertiary/aromatic N) is 1. The second-order valence-electron chi connectivity index (χ2n) is 3.70. The van der Waals surface area contributed by atoms with Crippen molar-refractivity contribution in [3.63, 3.8) is 0 Å². The predicted octanol–water partition coefficient (Wildman–Crippen LogP) is 0.974. The van der Waals surface area contributed by atoms with Crippen LogP contribution in [0.3, 0.4) is 0 Å². The lowest BCUT2D eigenvalue weighted by molar-refractivity contribution is -0.140. The van der Waals surface area contributed by atoms with Gasteiger partial charge in [-0.2, -0.15) is 4.31 Å². The molecule has 1 aromatic carbocycles. The van der Waals surface area contributed by atoms with Gasteiger partial charge >= 0.3 is 5.97 Å². The van der Waals surface area contributed by atoms with Gasteiger partial charge in [0.2, 0.25) is 10.0 Å². The highest BCUT2D eigenvalue weighted by Crippen LogP contribution is 2.28. The molecule has 1 saturated heterocycles. The van der Waals surface area contributed by atoms with E-state index in [1.807, 2.05) is 0 Å². The van der Waals surface area contributed by atoms with E-state index in [4.69, 9.17) is 5.11 Å². The molecular weight excluding hydrogens is 281 g/mol. The molecule has 8 heteroatoms. The quantitative estimate of drug-likeness (QED) is 0.898. The smallest absolute Gasteiger partial charge is 0.322 e. The molecular formula is C10H10FNO4S2. The molecule has 0 unspecified atom stereocenters. The number of hydrogen-bond donors (Lipinski definition) is 1. The van der Waals surface area contributed by atoms with E-state index < -0.39 is 27.9 Å². The van der Waals surface area contributed by atoms with E-state index in [1.54, 1.807) is 0 Å². The summed E-state index contributed by atoms with van der Waals surface area (Å²) in [5.74, 6) is -1.41. The number of halogens is 1. The summed E-state index contributed by atoms with van der Waals surface area (Å²) in [6, 6.07) is 3.27. The molecule has 0 spiro atoms. The zero-order valence-electron chi connectivity index (χ0n) is 9.11. The number of carboxylic acids is 1. The highest BCUT2D eigenvalue weighted by Gasteiger charge is 2.39. The van der Waals surface area contributed by atoms with Crippen molar-refractivity contribution in [2.24, 2.45) is 0 Å². The molecule has 5 nitrogen and oxygen atoms in total. The van der Waals surface area contributed by atoms with Crippen LogP contribution in [0.1, 0.15) is 0 Å². The lowest BCUT2D eigenvalue weighted by Gasteiger charge is -2.19. The summed E-state index contributed by atoms with van der Waals surface area (Å²) in [5.41, 5.74) is 0. The van der Waals surface area contributed by atoms with Gasteiger partial charge in [-0.1, -0.05) is 0 Å². The van der Waals surface area contributed by atoms with Crippen LogP contribution in [0.5, 0.6) is 0 Å². The lowest BCUT2D eigenvalue weighted by atomic mass is 10.3. The Labute approximate surface area is 108 Å². The van der Waals surface area contributed by atoms with Gasteiger partial charge in [0.05, 0.1) is 10.8 Å². The number of thioether (sulfide) groups is 1. The van der Waals surface area contributed by atoms with Crippen LogP contribution in [0.2, 0.25) is 0 Å². The Hall–Kier alpha value is -1.12. The van der Waals surface area contributed by atoms with Crippen LogP contribution >= 0.6 is 11.8 Å². The maximum atomic E-state index is 12.8. The molecule has 0 bridgehead atoms. The molecule has 0 aromatic heterocycles. The third-order valence-electron chi connectivity index (χ3n) is 2.55. The molecule has 98 valence electrons. The summed E-state index contributed by atoms with van der Waals surface area (Å²) in [7, 11) is -3.88. The largest absolute Gasteiger partial charge is 0.480 e. The molecule has 2 rings (SSSR count). The normalized spacial score (nSPS) is 21.1. The van der Waals surface area contributed by atoms with Gasteiger partial charge < -0.3 is 5.11 Å². The second kappa shape index (κ2) is 4.87. The summed E-state index contributed by atoms with van der Waals surface area (Å²) < 4.78 is 38.0. The summed E-state index contributed by atoms with van der Waals surface area (Å²) >= 11 is 1.24. The summed E-state index contributed by atoms with van der Waals surface area (Å²) in [4.78, 5) is 10.9. The van der Waals surface area contributed by atoms with Crippen LogP contribution in [0.4, 0.5) is 4.39 Å². The Balaban J connectivity index is 2.36. The first kappa shape index (κ1) is 13.3. The van der Waals surface area contributed by atoms with Gasteiger partial charge in [0.1, 0.15) is 11.9 Å². The van der Waals surface area contributed by atoms with E-state index in [9.17, 15) is 17.6 Å². The van der Waals surface area contributed by atoms with Crippen molar-refractivity contribution < 1.29 is 22.7 Å². The minimum absolute atomic E-state index is 0.0939. The molecule has 1 aromatic rings. The Morgan fingerprint density at radius 3 is 2.56 bits per heavy atom. The summed E-state index contributed by atoms with van der Waals surface area (Å²) in [6.45, 7) is 0. The Morgan fingerprint density at radius 2 is 2.00 bits per heavy atom. The maximum Gasteiger partial charge on any atom is 0.322 e. The molecule has 18 heavy (non-hydrogen) atoms. The first-order chi connectivity index (χ1) is 8.43. The van der Waals surface area contributed by atoms with Crippen LogP contribution in [-0.4, -0.2) is 41.5 Å². The first-order valence-corrected chi connectivity index (χ1v) is 7.60. The van der Waals surface area contributed by atoms with Crippen LogP contribution in [-0.2, 0) is 14.8 Å². The predicted molar refractivity (Wildman–Crippen MR) is 64.2 cm³/mol. The Kier molecular flexibility index (Phi) is 3.60. The van der Waals surface area contributed by atoms with Crippen molar-refractivity contribution in [2.75, 3.05) is 11.6 Å². The van der Waals surface area contributed by atoms with Gasteiger partial charge in [-0.15, -0.1) is 11.8 Å². The highest BCUT2D eigenvalue weighted by molar-refractivity contribution is 8.00. The monoisotopic (exact) mass is 291 g/mol. The fourth-order valence-electron chi connectivity index (χ4n) is 1.60. The van der Waals surface area contributed by atoms with Gasteiger partial charge in [0.15, 0.2) is 0 Å². The van der Waals surface area contributed by atoms with Crippen LogP contribution in [0, 0.1) is 5.82 Å². The second-order valence-corrected chi connectivity index (χ2v) is 6.59. The minimum atomic E-state index is -3.88. The van der Waals surface area contributed by atoms with Crippen molar-refractivity contribution in [1.29, 1.82) is 0 Å². The van der Waals surface area contributed by atoms with Gasteiger partial charge in [-0.25, -0.2) is 12.8 Å². The fraction of sp³-hybridized carbons (Fsp3) is 0.300. The summed E-state index contributed by atoms with van der Waals surface area (Å²) in [6.07, 6.45) is 0. The van der Waals surface area contributed by atoms with E-state index in [0.29, 0.717) is 0 Å². The zero-order chi connectivity index (χ0) is 13.3. The molecule has 1 aliphatic rings. The number of hydrogen-bond acceptors (Lipinski definition) is 4. The van der Waals surface area contributed by atoms with Crippen molar-refractivity contribution in [2.45, 2.75) is 10.9 Å². The standard InChI is InChI=1S/C10H10FNO4S2/c11-7-1-3-8(4-2-7)18(15,16)12-6-17-5-9(12)10(13)14/h1-4,9H,5-6H2,(H,13,14)/t9-/m0/s1. The molecule has 1 fully saturated rings. The van der Waals surface area contributed by atoms with Crippen molar-refractivity contribution in [1.82, 2.24) is 4.31 Å². The third-order valence-corrected chi connectivity index (χ3v) is 5.59. The van der Waals surface area contributed by atoms with Gasteiger partial charge in [-0.05, 0) is 24.3 Å². The Morgan fingerprint density at radius 1 is 1.39 bits per heavy atom. The average Bonchev–Trinajstić information content (AvgIpc) is 2.79. The number of benzene rings is 1. The first-order valence-electron chi connectivity index (χ1n) is 5.01. The number of rotatable bonds is 3. The highest BCUT2D eigenvalue weighted by atomic mass is 32.2. The SMILES string of the molecule is O=C(O)[C@@H]1CSCN1S(=O)(=O)c1ccc(F)cc1. The lowest BCUT2D eigenvalue weighted by Crippen LogP contribution is -2.41. The van der Waals surface area contributed by atoms with Crippen molar-refractivity contribution in [3.8, 4) is 0 Å². The molecule has 0 saturated carbocycles. The van der Waals surface area contributed by atoms with Crippen molar-refractivity contribution >= 4 is 27.8 Å². The summed E-state index contributed by atoms with van der Waals surface area (Å²) in [5, 5.41) is 8.96. The molecule has 1 heterocycles. The molecule has 1 N–H and O–H groups in total. The third kappa shape index (κ3) is 2.36. The average molecular weight is 291 g/mol. The van der Waals surface area contributed by atoms with E-state index in [2.05, 4.69) is 0 Å². The molecule has 1 aliphatic heterocycles. The number of aliphatic carboxylic acids is 1. The molecule has 0 radical (unpaired) electrons. The number of carbonyl (C=O) groups is 1. The molecule has 1 atom stereocenters. The topological polar surface area (TPSA) is 74.7 Å². The molecule has 0 aliphatic carbocycles. The van der Waals surface area contributed by atoms with Crippen LogP contribution in [0.15, 0.2) is 29.2 Å². The van der Waals surface area contributed by atoms with Crippen molar-refractivity contribution in [3.05, 3.63) is 30.1 Å². The van der Waals surface area contributed by atoms with Crippen LogP contribution in [0.25, 0.3) is 0 Å². The zero-order valence-corrected chi connectivity index (χ0v) is 10.7. The van der Waals surface area contributed by atoms with E-state index in [-0.39, 0.29) is 16.5 Å². The van der Waals surface area contributed by atoms with Gasteiger partial charge in [0.25, 0.3) is 0 Å². The van der Waals surface area contributed by atoms with Crippen LogP contribution < -0.4 is 0 Å². The van der Waals surface area contributed by atoms with E-state index >= 15 is 0 Å². The number of sulfonamides is 1. The van der Waals surface area contributed by atoms with E-state index in [0.717, 1.165) is 28.6 Å². The van der Waals surface area contributed by atoms with Gasteiger partial charge in [-0.3, -0.25) is 4.79 Å². The maximum absolute atomic E-state index is 12.8. The molecule has 0 amide bonds. The Bertz CT molecular complexity index is 558. The number of carboxylic acid groups (broad SMARTS) is 1.